The van der Waals surface area contributed by atoms with E-state index in [4.69, 9.17) is 0 Å². The fourth-order valence-electron chi connectivity index (χ4n) is 6.36. The van der Waals surface area contributed by atoms with Crippen LogP contribution in [0.1, 0.15) is 51.1 Å². The van der Waals surface area contributed by atoms with Crippen LogP contribution in [0.2, 0.25) is 0 Å². The van der Waals surface area contributed by atoms with Gasteiger partial charge in [0, 0.05) is 43.0 Å². The summed E-state index contributed by atoms with van der Waals surface area (Å²) in [4.78, 5) is 33.6. The van der Waals surface area contributed by atoms with Gasteiger partial charge in [-0.1, -0.05) is 36.2 Å². The Kier molecular flexibility index (Phi) is 5.78. The van der Waals surface area contributed by atoms with Crippen molar-refractivity contribution in [1.29, 1.82) is 0 Å². The maximum absolute atomic E-state index is 13.8. The van der Waals surface area contributed by atoms with E-state index in [0.29, 0.717) is 36.7 Å². The highest BCUT2D eigenvalue weighted by Gasteiger charge is 2.51. The Morgan fingerprint density at radius 2 is 2.00 bits per heavy atom. The van der Waals surface area contributed by atoms with Gasteiger partial charge in [0.15, 0.2) is 0 Å². The summed E-state index contributed by atoms with van der Waals surface area (Å²) in [6.45, 7) is 5.95. The van der Waals surface area contributed by atoms with Crippen LogP contribution in [-0.4, -0.2) is 50.9 Å². The van der Waals surface area contributed by atoms with E-state index >= 15 is 0 Å². The van der Waals surface area contributed by atoms with Gasteiger partial charge in [0.05, 0.1) is 28.5 Å². The van der Waals surface area contributed by atoms with Crippen molar-refractivity contribution in [3.8, 4) is 11.3 Å². The number of fused-ring (bicyclic) bond motifs is 2. The Bertz CT molecular complexity index is 1510. The third kappa shape index (κ3) is 4.08. The van der Waals surface area contributed by atoms with Gasteiger partial charge in [0.2, 0.25) is 0 Å². The van der Waals surface area contributed by atoms with E-state index in [0.717, 1.165) is 47.2 Å². The van der Waals surface area contributed by atoms with Crippen molar-refractivity contribution in [3.63, 3.8) is 0 Å². The number of amides is 2. The molecule has 6 rings (SSSR count). The van der Waals surface area contributed by atoms with Gasteiger partial charge in [-0.3, -0.25) is 14.6 Å². The molecule has 2 atom stereocenters. The van der Waals surface area contributed by atoms with E-state index in [1.54, 1.807) is 16.9 Å². The van der Waals surface area contributed by atoms with E-state index in [-0.39, 0.29) is 17.2 Å². The fourth-order valence-corrected chi connectivity index (χ4v) is 6.36. The Labute approximate surface area is 216 Å². The van der Waals surface area contributed by atoms with E-state index < -0.39 is 0 Å². The zero-order valence-corrected chi connectivity index (χ0v) is 21.3. The quantitative estimate of drug-likeness (QED) is 0.438. The molecule has 2 fully saturated rings. The van der Waals surface area contributed by atoms with Crippen LogP contribution in [0, 0.1) is 25.2 Å². The first kappa shape index (κ1) is 23.4. The maximum atomic E-state index is 13.8. The van der Waals surface area contributed by atoms with Gasteiger partial charge in [-0.2, -0.15) is 5.10 Å². The standard InChI is InChI=1S/C30H31N5O2/c1-20-7-3-9-22(15-20)26-24(11-5-13-31-26)29(37)34-17-23-10-4-12-30(23,19-34)18-32-28(36)25-16-33-35-14-6-8-21(2)27(25)35/h3,5-9,11,13-16,23H,4,10,12,17-19H2,1-2H3,(H,32,36)/t23-,30+/m1/s1. The number of aromatic nitrogens is 3. The number of nitrogens with zero attached hydrogens (tertiary/aromatic N) is 4. The molecule has 0 spiro atoms. The minimum Gasteiger partial charge on any atom is -0.351 e. The highest BCUT2D eigenvalue weighted by molar-refractivity contribution is 6.01. The van der Waals surface area contributed by atoms with Crippen molar-refractivity contribution in [2.45, 2.75) is 33.1 Å². The molecule has 2 aliphatic rings. The first-order chi connectivity index (χ1) is 17.9. The number of aryl methyl sites for hydroxylation is 2. The van der Waals surface area contributed by atoms with Crippen LogP contribution in [-0.2, 0) is 0 Å². The molecule has 4 aromatic rings. The first-order valence-corrected chi connectivity index (χ1v) is 13.0. The van der Waals surface area contributed by atoms with Gasteiger partial charge in [-0.25, -0.2) is 4.52 Å². The van der Waals surface area contributed by atoms with Crippen LogP contribution in [0.3, 0.4) is 0 Å². The molecule has 1 N–H and O–H groups in total. The van der Waals surface area contributed by atoms with Crippen LogP contribution >= 0.6 is 0 Å². The molecule has 0 radical (unpaired) electrons. The number of pyridine rings is 2. The number of carbonyl (C=O) groups is 2. The number of hydrogen-bond acceptors (Lipinski definition) is 4. The summed E-state index contributed by atoms with van der Waals surface area (Å²) in [5.74, 6) is 0.285. The number of benzene rings is 1. The van der Waals surface area contributed by atoms with E-state index in [9.17, 15) is 9.59 Å². The smallest absolute Gasteiger partial charge is 0.256 e. The van der Waals surface area contributed by atoms with E-state index in [2.05, 4.69) is 21.5 Å². The lowest BCUT2D eigenvalue weighted by Crippen LogP contribution is -2.41. The molecule has 3 aromatic heterocycles. The van der Waals surface area contributed by atoms with E-state index in [1.165, 1.54) is 0 Å². The van der Waals surface area contributed by atoms with Crippen molar-refractivity contribution < 1.29 is 9.59 Å². The van der Waals surface area contributed by atoms with Crippen molar-refractivity contribution >= 4 is 17.3 Å². The average molecular weight is 494 g/mol. The Balaban J connectivity index is 1.22. The number of nitrogens with one attached hydrogen (secondary N) is 1. The second-order valence-corrected chi connectivity index (χ2v) is 10.6. The molecule has 2 amide bonds. The molecule has 1 saturated carbocycles. The van der Waals surface area contributed by atoms with Crippen LogP contribution in [0.25, 0.3) is 16.8 Å². The lowest BCUT2D eigenvalue weighted by Gasteiger charge is -2.29. The van der Waals surface area contributed by atoms with Gasteiger partial charge in [0.25, 0.3) is 11.8 Å². The van der Waals surface area contributed by atoms with Gasteiger partial charge < -0.3 is 10.2 Å². The average Bonchev–Trinajstić information content (AvgIpc) is 3.60. The molecular weight excluding hydrogens is 462 g/mol. The van der Waals surface area contributed by atoms with Crippen LogP contribution in [0.5, 0.6) is 0 Å². The highest BCUT2D eigenvalue weighted by Crippen LogP contribution is 2.48. The second kappa shape index (κ2) is 9.14. The Morgan fingerprint density at radius 1 is 1.11 bits per heavy atom. The fraction of sp³-hybridized carbons (Fsp3) is 0.333. The minimum absolute atomic E-state index is 0.0166. The highest BCUT2D eigenvalue weighted by atomic mass is 16.2. The van der Waals surface area contributed by atoms with E-state index in [1.807, 2.05) is 67.4 Å². The second-order valence-electron chi connectivity index (χ2n) is 10.6. The van der Waals surface area contributed by atoms with Gasteiger partial charge in [0.1, 0.15) is 0 Å². The summed E-state index contributed by atoms with van der Waals surface area (Å²) < 4.78 is 1.75. The predicted molar refractivity (Wildman–Crippen MR) is 142 cm³/mol. The zero-order chi connectivity index (χ0) is 25.6. The predicted octanol–water partition coefficient (Wildman–Crippen LogP) is 4.69. The van der Waals surface area contributed by atoms with Crippen molar-refractivity contribution in [1.82, 2.24) is 24.8 Å². The minimum atomic E-state index is -0.108. The third-order valence-corrected chi connectivity index (χ3v) is 8.24. The third-order valence-electron chi connectivity index (χ3n) is 8.24. The van der Waals surface area contributed by atoms with Gasteiger partial charge >= 0.3 is 0 Å². The van der Waals surface area contributed by atoms with Crippen LogP contribution in [0.15, 0.2) is 67.1 Å². The molecule has 188 valence electrons. The number of hydrogen-bond donors (Lipinski definition) is 1. The van der Waals surface area contributed by atoms with Crippen molar-refractivity contribution in [3.05, 3.63) is 89.4 Å². The molecule has 1 aliphatic carbocycles. The van der Waals surface area contributed by atoms with Crippen molar-refractivity contribution in [2.75, 3.05) is 19.6 Å². The van der Waals surface area contributed by atoms with Crippen LogP contribution < -0.4 is 5.32 Å². The molecular formula is C30H31N5O2. The molecule has 1 aliphatic heterocycles. The van der Waals surface area contributed by atoms with Crippen molar-refractivity contribution in [2.24, 2.45) is 11.3 Å². The summed E-state index contributed by atoms with van der Waals surface area (Å²) in [7, 11) is 0. The number of likely N-dealkylation sites (tertiary alicyclic amines) is 1. The summed E-state index contributed by atoms with van der Waals surface area (Å²) >= 11 is 0. The number of rotatable bonds is 5. The molecule has 0 bridgehead atoms. The normalized spacial score (nSPS) is 20.8. The SMILES string of the molecule is Cc1cccc(-c2ncccc2C(=O)N2C[C@H]3CCC[C@]3(CNC(=O)c3cnn4cccc(C)c34)C2)c1. The molecule has 7 nitrogen and oxygen atoms in total. The Hall–Kier alpha value is -4.00. The summed E-state index contributed by atoms with van der Waals surface area (Å²) in [6.07, 6.45) is 8.45. The summed E-state index contributed by atoms with van der Waals surface area (Å²) in [5.41, 5.74) is 5.78. The lowest BCUT2D eigenvalue weighted by molar-refractivity contribution is 0.0767. The molecule has 4 heterocycles. The van der Waals surface area contributed by atoms with Gasteiger partial charge in [-0.05, 0) is 62.4 Å². The number of carbonyl (C=O) groups excluding carboxylic acids is 2. The topological polar surface area (TPSA) is 79.6 Å². The summed E-state index contributed by atoms with van der Waals surface area (Å²) in [5, 5.41) is 7.56. The van der Waals surface area contributed by atoms with Gasteiger partial charge in [-0.15, -0.1) is 0 Å². The first-order valence-electron chi connectivity index (χ1n) is 13.0. The summed E-state index contributed by atoms with van der Waals surface area (Å²) in [6, 6.07) is 15.7. The Morgan fingerprint density at radius 3 is 2.86 bits per heavy atom. The molecule has 0 unspecified atom stereocenters. The largest absolute Gasteiger partial charge is 0.351 e. The zero-order valence-electron chi connectivity index (χ0n) is 21.3. The monoisotopic (exact) mass is 493 g/mol. The van der Waals surface area contributed by atoms with Crippen LogP contribution in [0.4, 0.5) is 0 Å². The maximum Gasteiger partial charge on any atom is 0.256 e. The molecule has 1 saturated heterocycles. The lowest BCUT2D eigenvalue weighted by atomic mass is 9.80. The molecule has 37 heavy (non-hydrogen) atoms. The molecule has 7 heteroatoms. The molecule has 1 aromatic carbocycles.